The lowest BCUT2D eigenvalue weighted by Crippen LogP contribution is -2.17. The zero-order valence-corrected chi connectivity index (χ0v) is 8.28. The molecule has 0 saturated carbocycles. The minimum atomic E-state index is 0.361. The van der Waals surface area contributed by atoms with Gasteiger partial charge in [-0.05, 0) is 18.3 Å². The highest BCUT2D eigenvalue weighted by molar-refractivity contribution is 6.20. The first-order valence-electron chi connectivity index (χ1n) is 4.23. The molecule has 0 aromatic heterocycles. The smallest absolute Gasteiger partial charge is 0.0384 e. The van der Waals surface area contributed by atoms with Crippen molar-refractivity contribution in [1.29, 1.82) is 0 Å². The molecule has 2 atom stereocenters. The van der Waals surface area contributed by atoms with Crippen molar-refractivity contribution in [1.82, 2.24) is 0 Å². The molecule has 0 bridgehead atoms. The van der Waals surface area contributed by atoms with Gasteiger partial charge in [0.1, 0.15) is 0 Å². The van der Waals surface area contributed by atoms with E-state index in [-0.39, 0.29) is 0 Å². The highest BCUT2D eigenvalue weighted by Gasteiger charge is 2.16. The molecular weight excluding hydrogens is 144 g/mol. The molecule has 10 heavy (non-hydrogen) atoms. The minimum absolute atomic E-state index is 0.361. The molecule has 0 heterocycles. The van der Waals surface area contributed by atoms with Gasteiger partial charge in [0.05, 0.1) is 0 Å². The molecule has 0 fully saturated rings. The van der Waals surface area contributed by atoms with Crippen LogP contribution in [0.5, 0.6) is 0 Å². The Morgan fingerprint density at radius 3 is 2.00 bits per heavy atom. The summed E-state index contributed by atoms with van der Waals surface area (Å²) in [4.78, 5) is 0. The third-order valence-corrected chi connectivity index (χ3v) is 2.86. The van der Waals surface area contributed by atoms with Gasteiger partial charge in [0.2, 0.25) is 0 Å². The van der Waals surface area contributed by atoms with E-state index < -0.39 is 0 Å². The van der Waals surface area contributed by atoms with Crippen LogP contribution in [0.2, 0.25) is 0 Å². The fourth-order valence-electron chi connectivity index (χ4n) is 1.27. The van der Waals surface area contributed by atoms with Crippen molar-refractivity contribution in [3.8, 4) is 0 Å². The summed E-state index contributed by atoms with van der Waals surface area (Å²) in [6.45, 7) is 8.81. The summed E-state index contributed by atoms with van der Waals surface area (Å²) in [5, 5.41) is 0.361. The fourth-order valence-corrected chi connectivity index (χ4v) is 1.40. The molecule has 0 aliphatic heterocycles. The molecule has 0 saturated heterocycles. The predicted octanol–water partition coefficient (Wildman–Crippen LogP) is 3.69. The standard InChI is InChI=1S/C9H19Cl/c1-5-6-8(4)9(10)7(2)3/h7-9H,5-6H2,1-4H3. The van der Waals surface area contributed by atoms with E-state index in [0.717, 1.165) is 0 Å². The Hall–Kier alpha value is 0.290. The summed E-state index contributed by atoms with van der Waals surface area (Å²) in [6.07, 6.45) is 2.50. The zero-order valence-electron chi connectivity index (χ0n) is 7.52. The first-order chi connectivity index (χ1) is 4.59. The highest BCUT2D eigenvalue weighted by atomic mass is 35.5. The second-order valence-corrected chi connectivity index (χ2v) is 3.96. The van der Waals surface area contributed by atoms with Crippen LogP contribution in [0.1, 0.15) is 40.5 Å². The molecule has 0 nitrogen and oxygen atoms in total. The normalized spacial score (nSPS) is 17.4. The summed E-state index contributed by atoms with van der Waals surface area (Å²) in [7, 11) is 0. The maximum Gasteiger partial charge on any atom is 0.0384 e. The van der Waals surface area contributed by atoms with Gasteiger partial charge in [-0.25, -0.2) is 0 Å². The number of halogens is 1. The van der Waals surface area contributed by atoms with Crippen LogP contribution in [0.15, 0.2) is 0 Å². The van der Waals surface area contributed by atoms with E-state index in [4.69, 9.17) is 11.6 Å². The summed E-state index contributed by atoms with van der Waals surface area (Å²) in [5.74, 6) is 1.29. The zero-order chi connectivity index (χ0) is 8.15. The SMILES string of the molecule is CCCC(C)C(Cl)C(C)C. The van der Waals surface area contributed by atoms with Gasteiger partial charge in [-0.1, -0.05) is 34.1 Å². The van der Waals surface area contributed by atoms with Gasteiger partial charge >= 0.3 is 0 Å². The maximum atomic E-state index is 6.14. The topological polar surface area (TPSA) is 0 Å². The Balaban J connectivity index is 3.58. The first-order valence-corrected chi connectivity index (χ1v) is 4.67. The van der Waals surface area contributed by atoms with Crippen molar-refractivity contribution in [3.05, 3.63) is 0 Å². The lowest BCUT2D eigenvalue weighted by molar-refractivity contribution is 0.421. The van der Waals surface area contributed by atoms with E-state index in [1.54, 1.807) is 0 Å². The van der Waals surface area contributed by atoms with Gasteiger partial charge in [0.25, 0.3) is 0 Å². The molecular formula is C9H19Cl. The average Bonchev–Trinajstić information content (AvgIpc) is 1.87. The summed E-state index contributed by atoms with van der Waals surface area (Å²) in [6, 6.07) is 0. The van der Waals surface area contributed by atoms with E-state index in [1.807, 2.05) is 0 Å². The van der Waals surface area contributed by atoms with Crippen molar-refractivity contribution in [2.75, 3.05) is 0 Å². The molecule has 0 aliphatic rings. The van der Waals surface area contributed by atoms with Crippen LogP contribution < -0.4 is 0 Å². The predicted molar refractivity (Wildman–Crippen MR) is 48.6 cm³/mol. The van der Waals surface area contributed by atoms with Gasteiger partial charge < -0.3 is 0 Å². The average molecular weight is 163 g/mol. The summed E-state index contributed by atoms with van der Waals surface area (Å²) < 4.78 is 0. The number of rotatable bonds is 4. The van der Waals surface area contributed by atoms with Gasteiger partial charge in [0.15, 0.2) is 0 Å². The molecule has 0 aromatic carbocycles. The Kier molecular flexibility index (Phi) is 5.15. The highest BCUT2D eigenvalue weighted by Crippen LogP contribution is 2.22. The van der Waals surface area contributed by atoms with Crippen LogP contribution in [0.3, 0.4) is 0 Å². The number of hydrogen-bond donors (Lipinski definition) is 0. The molecule has 2 unspecified atom stereocenters. The molecule has 0 rings (SSSR count). The lowest BCUT2D eigenvalue weighted by Gasteiger charge is -2.20. The third kappa shape index (κ3) is 3.46. The molecule has 0 spiro atoms. The molecule has 0 N–H and O–H groups in total. The van der Waals surface area contributed by atoms with Crippen molar-refractivity contribution < 1.29 is 0 Å². The maximum absolute atomic E-state index is 6.14. The quantitative estimate of drug-likeness (QED) is 0.554. The van der Waals surface area contributed by atoms with Gasteiger partial charge in [-0.2, -0.15) is 0 Å². The van der Waals surface area contributed by atoms with E-state index >= 15 is 0 Å². The first kappa shape index (κ1) is 10.3. The van der Waals surface area contributed by atoms with Gasteiger partial charge in [-0.15, -0.1) is 11.6 Å². The van der Waals surface area contributed by atoms with E-state index in [9.17, 15) is 0 Å². The summed E-state index contributed by atoms with van der Waals surface area (Å²) >= 11 is 6.14. The molecule has 1 heteroatoms. The van der Waals surface area contributed by atoms with Crippen LogP contribution in [-0.4, -0.2) is 5.38 Å². The van der Waals surface area contributed by atoms with Crippen molar-refractivity contribution >= 4 is 11.6 Å². The second kappa shape index (κ2) is 5.01. The van der Waals surface area contributed by atoms with Gasteiger partial charge in [0, 0.05) is 5.38 Å². The number of alkyl halides is 1. The van der Waals surface area contributed by atoms with Crippen LogP contribution >= 0.6 is 11.6 Å². The van der Waals surface area contributed by atoms with Crippen molar-refractivity contribution in [2.45, 2.75) is 45.9 Å². The van der Waals surface area contributed by atoms with Crippen LogP contribution in [-0.2, 0) is 0 Å². The minimum Gasteiger partial charge on any atom is -0.122 e. The third-order valence-electron chi connectivity index (χ3n) is 1.92. The van der Waals surface area contributed by atoms with Crippen LogP contribution in [0, 0.1) is 11.8 Å². The molecule has 0 aromatic rings. The molecule has 0 radical (unpaired) electrons. The largest absolute Gasteiger partial charge is 0.122 e. The van der Waals surface area contributed by atoms with E-state index in [0.29, 0.717) is 17.2 Å². The summed E-state index contributed by atoms with van der Waals surface area (Å²) in [5.41, 5.74) is 0. The van der Waals surface area contributed by atoms with E-state index in [2.05, 4.69) is 27.7 Å². The Bertz CT molecular complexity index is 78.8. The second-order valence-electron chi connectivity index (χ2n) is 3.45. The monoisotopic (exact) mass is 162 g/mol. The Morgan fingerprint density at radius 2 is 1.70 bits per heavy atom. The Morgan fingerprint density at radius 1 is 1.20 bits per heavy atom. The Labute approximate surface area is 70.0 Å². The van der Waals surface area contributed by atoms with Crippen LogP contribution in [0.4, 0.5) is 0 Å². The molecule has 62 valence electrons. The van der Waals surface area contributed by atoms with E-state index in [1.165, 1.54) is 12.8 Å². The van der Waals surface area contributed by atoms with Crippen molar-refractivity contribution in [2.24, 2.45) is 11.8 Å². The molecule has 0 aliphatic carbocycles. The fraction of sp³-hybridized carbons (Fsp3) is 1.00. The lowest BCUT2D eigenvalue weighted by atomic mass is 9.94. The molecule has 0 amide bonds. The van der Waals surface area contributed by atoms with Gasteiger partial charge in [-0.3, -0.25) is 0 Å². The van der Waals surface area contributed by atoms with Crippen LogP contribution in [0.25, 0.3) is 0 Å². The number of hydrogen-bond acceptors (Lipinski definition) is 0. The van der Waals surface area contributed by atoms with Crippen molar-refractivity contribution in [3.63, 3.8) is 0 Å².